The standard InChI is InChI=1S/C30H34FN3O3S/c1-19(2)16-32-29(35)26-18-38-27(33-26)17-37-24-12-9-20-13-14-34(30(36)22-5-3-4-6-22)28(25(20)15-24)21-7-10-23(31)11-8-21/h7-12,15,18-19,22,28H,3-6,13-14,16-17H2,1-2H3,(H,32,35). The maximum atomic E-state index is 13.8. The molecular weight excluding hydrogens is 501 g/mol. The van der Waals surface area contributed by atoms with Crippen LogP contribution in [0.15, 0.2) is 47.8 Å². The monoisotopic (exact) mass is 535 g/mol. The summed E-state index contributed by atoms with van der Waals surface area (Å²) in [4.78, 5) is 32.3. The average Bonchev–Trinajstić information content (AvgIpc) is 3.63. The quantitative estimate of drug-likeness (QED) is 0.389. The van der Waals surface area contributed by atoms with E-state index in [0.29, 0.717) is 35.5 Å². The number of hydrogen-bond acceptors (Lipinski definition) is 5. The van der Waals surface area contributed by atoms with Crippen LogP contribution in [0.2, 0.25) is 0 Å². The number of rotatable bonds is 8. The minimum absolute atomic E-state index is 0.0655. The predicted octanol–water partition coefficient (Wildman–Crippen LogP) is 5.91. The van der Waals surface area contributed by atoms with Crippen molar-refractivity contribution in [2.75, 3.05) is 13.1 Å². The Bertz CT molecular complexity index is 1280. The highest BCUT2D eigenvalue weighted by Gasteiger charge is 2.36. The van der Waals surface area contributed by atoms with Gasteiger partial charge in [-0.15, -0.1) is 11.3 Å². The number of nitrogens with one attached hydrogen (secondary N) is 1. The van der Waals surface area contributed by atoms with Gasteiger partial charge >= 0.3 is 0 Å². The summed E-state index contributed by atoms with van der Waals surface area (Å²) in [6.45, 7) is 5.58. The van der Waals surface area contributed by atoms with E-state index >= 15 is 0 Å². The first-order valence-electron chi connectivity index (χ1n) is 13.4. The van der Waals surface area contributed by atoms with Crippen molar-refractivity contribution in [3.05, 3.63) is 81.1 Å². The lowest BCUT2D eigenvalue weighted by Crippen LogP contribution is -2.43. The molecule has 0 spiro atoms. The summed E-state index contributed by atoms with van der Waals surface area (Å²) in [7, 11) is 0. The van der Waals surface area contributed by atoms with Crippen molar-refractivity contribution >= 4 is 23.2 Å². The summed E-state index contributed by atoms with van der Waals surface area (Å²) in [6, 6.07) is 12.2. The number of carbonyl (C=O) groups excluding carboxylic acids is 2. The molecule has 0 radical (unpaired) electrons. The van der Waals surface area contributed by atoms with Gasteiger partial charge < -0.3 is 15.0 Å². The van der Waals surface area contributed by atoms with Crippen LogP contribution in [0.5, 0.6) is 5.75 Å². The Balaban J connectivity index is 1.36. The number of thiazole rings is 1. The van der Waals surface area contributed by atoms with Crippen LogP contribution in [0.3, 0.4) is 0 Å². The van der Waals surface area contributed by atoms with Gasteiger partial charge in [0, 0.05) is 24.4 Å². The fraction of sp³-hybridized carbons (Fsp3) is 0.433. The van der Waals surface area contributed by atoms with Crippen LogP contribution in [0.1, 0.15) is 77.8 Å². The van der Waals surface area contributed by atoms with Crippen molar-refractivity contribution in [3.63, 3.8) is 0 Å². The molecule has 0 bridgehead atoms. The molecule has 6 nitrogen and oxygen atoms in total. The van der Waals surface area contributed by atoms with E-state index in [9.17, 15) is 14.0 Å². The molecule has 2 amide bonds. The first-order valence-corrected chi connectivity index (χ1v) is 14.3. The molecule has 2 aromatic carbocycles. The number of nitrogens with zero attached hydrogens (tertiary/aromatic N) is 2. The Morgan fingerprint density at radius 2 is 1.92 bits per heavy atom. The molecule has 1 aromatic heterocycles. The normalized spacial score (nSPS) is 17.5. The van der Waals surface area contributed by atoms with Gasteiger partial charge in [-0.25, -0.2) is 9.37 Å². The number of benzene rings is 2. The van der Waals surface area contributed by atoms with E-state index in [4.69, 9.17) is 4.74 Å². The smallest absolute Gasteiger partial charge is 0.270 e. The summed E-state index contributed by atoms with van der Waals surface area (Å²) >= 11 is 1.39. The van der Waals surface area contributed by atoms with Gasteiger partial charge in [0.05, 0.1) is 6.04 Å². The van der Waals surface area contributed by atoms with E-state index < -0.39 is 0 Å². The van der Waals surface area contributed by atoms with Gasteiger partial charge in [0.1, 0.15) is 28.9 Å². The molecule has 1 atom stereocenters. The lowest BCUT2D eigenvalue weighted by atomic mass is 9.87. The second kappa shape index (κ2) is 11.6. The summed E-state index contributed by atoms with van der Waals surface area (Å²) in [6.07, 6.45) is 4.84. The van der Waals surface area contributed by atoms with Gasteiger partial charge in [-0.3, -0.25) is 9.59 Å². The third-order valence-corrected chi connectivity index (χ3v) is 8.16. The number of hydrogen-bond donors (Lipinski definition) is 1. The highest BCUT2D eigenvalue weighted by Crippen LogP contribution is 2.40. The number of aromatic nitrogens is 1. The van der Waals surface area contributed by atoms with E-state index in [-0.39, 0.29) is 36.2 Å². The molecule has 0 saturated heterocycles. The van der Waals surface area contributed by atoms with Gasteiger partial charge in [0.2, 0.25) is 5.91 Å². The van der Waals surface area contributed by atoms with Gasteiger partial charge in [-0.05, 0) is 66.1 Å². The van der Waals surface area contributed by atoms with Crippen molar-refractivity contribution in [3.8, 4) is 5.75 Å². The molecule has 5 rings (SSSR count). The SMILES string of the molecule is CC(C)CNC(=O)c1csc(COc2ccc3c(c2)C(c2ccc(F)cc2)N(C(=O)C2CCCC2)CC3)n1. The highest BCUT2D eigenvalue weighted by molar-refractivity contribution is 7.09. The number of fused-ring (bicyclic) bond motifs is 1. The molecule has 1 N–H and O–H groups in total. The fourth-order valence-electron chi connectivity index (χ4n) is 5.35. The van der Waals surface area contributed by atoms with Gasteiger partial charge in [-0.1, -0.05) is 44.9 Å². The van der Waals surface area contributed by atoms with Crippen LogP contribution in [0, 0.1) is 17.7 Å². The zero-order valence-electron chi connectivity index (χ0n) is 21.9. The van der Waals surface area contributed by atoms with E-state index in [1.807, 2.05) is 30.9 Å². The van der Waals surface area contributed by atoms with Gasteiger partial charge in [0.25, 0.3) is 5.91 Å². The molecule has 8 heteroatoms. The average molecular weight is 536 g/mol. The van der Waals surface area contributed by atoms with E-state index in [2.05, 4.69) is 16.4 Å². The van der Waals surface area contributed by atoms with Crippen molar-refractivity contribution in [2.45, 2.75) is 58.6 Å². The third kappa shape index (κ3) is 5.90. The zero-order chi connectivity index (χ0) is 26.6. The summed E-state index contributed by atoms with van der Waals surface area (Å²) in [5.41, 5.74) is 3.48. The van der Waals surface area contributed by atoms with Crippen molar-refractivity contribution in [2.24, 2.45) is 11.8 Å². The lowest BCUT2D eigenvalue weighted by Gasteiger charge is -2.39. The fourth-order valence-corrected chi connectivity index (χ4v) is 6.03. The third-order valence-electron chi connectivity index (χ3n) is 7.34. The van der Waals surface area contributed by atoms with E-state index in [0.717, 1.165) is 43.2 Å². The Labute approximate surface area is 227 Å². The second-order valence-electron chi connectivity index (χ2n) is 10.6. The maximum absolute atomic E-state index is 13.8. The Morgan fingerprint density at radius 3 is 2.66 bits per heavy atom. The number of amides is 2. The molecule has 1 saturated carbocycles. The minimum atomic E-state index is -0.295. The summed E-state index contributed by atoms with van der Waals surface area (Å²) in [5.74, 6) is 0.829. The largest absolute Gasteiger partial charge is 0.486 e. The molecule has 1 aliphatic heterocycles. The van der Waals surface area contributed by atoms with Crippen LogP contribution in [-0.4, -0.2) is 34.8 Å². The second-order valence-corrected chi connectivity index (χ2v) is 11.5. The highest BCUT2D eigenvalue weighted by atomic mass is 32.1. The summed E-state index contributed by atoms with van der Waals surface area (Å²) < 4.78 is 19.9. The van der Waals surface area contributed by atoms with Crippen LogP contribution in [0.4, 0.5) is 4.39 Å². The van der Waals surface area contributed by atoms with Crippen LogP contribution in [0.25, 0.3) is 0 Å². The number of ether oxygens (including phenoxy) is 1. The Hall–Kier alpha value is -3.26. The molecule has 1 fully saturated rings. The number of halogens is 1. The van der Waals surface area contributed by atoms with Crippen LogP contribution in [-0.2, 0) is 17.8 Å². The zero-order valence-corrected chi connectivity index (χ0v) is 22.7. The minimum Gasteiger partial charge on any atom is -0.486 e. The topological polar surface area (TPSA) is 71.5 Å². The maximum Gasteiger partial charge on any atom is 0.270 e. The lowest BCUT2D eigenvalue weighted by molar-refractivity contribution is -0.137. The van der Waals surface area contributed by atoms with E-state index in [1.54, 1.807) is 17.5 Å². The molecular formula is C30H34FN3O3S. The van der Waals surface area contributed by atoms with Crippen molar-refractivity contribution in [1.29, 1.82) is 0 Å². The van der Waals surface area contributed by atoms with Gasteiger partial charge in [-0.2, -0.15) is 0 Å². The molecule has 200 valence electrons. The van der Waals surface area contributed by atoms with Crippen molar-refractivity contribution < 1.29 is 18.7 Å². The summed E-state index contributed by atoms with van der Waals surface area (Å²) in [5, 5.41) is 5.35. The van der Waals surface area contributed by atoms with E-state index in [1.165, 1.54) is 29.0 Å². The van der Waals surface area contributed by atoms with Crippen LogP contribution >= 0.6 is 11.3 Å². The first-order chi connectivity index (χ1) is 18.4. The predicted molar refractivity (Wildman–Crippen MR) is 146 cm³/mol. The molecule has 2 heterocycles. The number of carbonyl (C=O) groups is 2. The first kappa shape index (κ1) is 26.4. The Kier molecular flexibility index (Phi) is 8.07. The van der Waals surface area contributed by atoms with Crippen molar-refractivity contribution in [1.82, 2.24) is 15.2 Å². The van der Waals surface area contributed by atoms with Crippen LogP contribution < -0.4 is 10.1 Å². The molecule has 2 aliphatic rings. The van der Waals surface area contributed by atoms with Gasteiger partial charge in [0.15, 0.2) is 0 Å². The Morgan fingerprint density at radius 1 is 1.16 bits per heavy atom. The molecule has 1 unspecified atom stereocenters. The molecule has 1 aliphatic carbocycles. The molecule has 3 aromatic rings. The molecule has 38 heavy (non-hydrogen) atoms.